The minimum absolute atomic E-state index is 0.0698. The highest BCUT2D eigenvalue weighted by Gasteiger charge is 2.37. The summed E-state index contributed by atoms with van der Waals surface area (Å²) in [5.41, 5.74) is 3.51. The number of aromatic nitrogens is 1. The van der Waals surface area contributed by atoms with Crippen LogP contribution < -0.4 is 26.2 Å². The molecular weight excluding hydrogens is 803 g/mol. The van der Waals surface area contributed by atoms with Crippen molar-refractivity contribution in [1.82, 2.24) is 25.8 Å². The van der Waals surface area contributed by atoms with Crippen molar-refractivity contribution in [2.24, 2.45) is 11.8 Å². The molecule has 14 nitrogen and oxygen atoms in total. The normalized spacial score (nSPS) is 18.3. The number of benzene rings is 4. The van der Waals surface area contributed by atoms with E-state index in [-0.39, 0.29) is 48.6 Å². The van der Waals surface area contributed by atoms with Crippen molar-refractivity contribution in [3.63, 3.8) is 0 Å². The van der Waals surface area contributed by atoms with Gasteiger partial charge in [0.25, 0.3) is 5.91 Å². The Balaban J connectivity index is 0.849. The number of phenols is 1. The summed E-state index contributed by atoms with van der Waals surface area (Å²) >= 11 is 0. The van der Waals surface area contributed by atoms with Gasteiger partial charge >= 0.3 is 12.1 Å². The molecule has 3 aliphatic heterocycles. The van der Waals surface area contributed by atoms with Gasteiger partial charge in [-0.15, -0.1) is 0 Å². The molecule has 3 saturated heterocycles. The number of pyridine rings is 1. The molecule has 3 fully saturated rings. The van der Waals surface area contributed by atoms with Crippen LogP contribution in [0.3, 0.4) is 0 Å². The largest absolute Gasteiger partial charge is 0.506 e. The maximum atomic E-state index is 13.3. The van der Waals surface area contributed by atoms with Gasteiger partial charge in [-0.1, -0.05) is 74.5 Å². The summed E-state index contributed by atoms with van der Waals surface area (Å²) in [6.45, 7) is 7.82. The second-order valence-electron chi connectivity index (χ2n) is 16.7. The highest BCUT2D eigenvalue weighted by molar-refractivity contribution is 5.97. The molecule has 0 radical (unpaired) electrons. The number of aromatic amines is 1. The fourth-order valence-corrected chi connectivity index (χ4v) is 8.28. The summed E-state index contributed by atoms with van der Waals surface area (Å²) in [5, 5.41) is 30.6. The standard InChI is InChI=1S/C49H57N5O9/c1-31(2)44(48(59)61-26-7-6-23-50-28-41(56)38-17-19-40(55)46-39(38)18-20-43(57)51-46)52-47(58)35-15-13-32(14-16-35)30-62-37-12-8-11-36(27-37)45(34-9-4-3-5-10-34)53-49(60)63-42-29-54-24-21-33(42)22-25-54/h3-5,8-20,27,31,33,41-42,44-45,50,55-56H,6-7,21-26,28-30H2,1-2H3,(H,51,57)(H,52,58)(H,53,60)/t41?,42-,44?,45?/m0/s1. The molecule has 1 aromatic heterocycles. The molecule has 0 saturated carbocycles. The van der Waals surface area contributed by atoms with E-state index >= 15 is 0 Å². The molecule has 14 heteroatoms. The Morgan fingerprint density at radius 3 is 2.37 bits per heavy atom. The van der Waals surface area contributed by atoms with E-state index in [9.17, 15) is 29.4 Å². The van der Waals surface area contributed by atoms with Crippen LogP contribution in [-0.4, -0.2) is 89.5 Å². The molecule has 3 unspecified atom stereocenters. The number of piperidine rings is 3. The van der Waals surface area contributed by atoms with Crippen LogP contribution in [0.1, 0.15) is 84.3 Å². The molecule has 4 heterocycles. The van der Waals surface area contributed by atoms with Crippen LogP contribution in [0.2, 0.25) is 0 Å². The van der Waals surface area contributed by atoms with E-state index in [1.165, 1.54) is 12.1 Å². The van der Waals surface area contributed by atoms with Gasteiger partial charge in [0.05, 0.1) is 24.3 Å². The third-order valence-electron chi connectivity index (χ3n) is 11.9. The Bertz CT molecular complexity index is 2380. The molecule has 0 aliphatic carbocycles. The number of hydrogen-bond donors (Lipinski definition) is 6. The molecule has 0 spiro atoms. The SMILES string of the molecule is CC(C)C(NC(=O)c1ccc(COc2cccc(C(NC(=O)O[C@H]3CN4CCC3CC4)c3ccccc3)c2)cc1)C(=O)OCCCCNCC(O)c1ccc(O)c2[nH]c(=O)ccc12. The molecule has 8 rings (SSSR count). The Hall–Kier alpha value is -6.22. The van der Waals surface area contributed by atoms with Crippen LogP contribution in [-0.2, 0) is 20.9 Å². The van der Waals surface area contributed by atoms with Crippen LogP contribution in [0.4, 0.5) is 4.79 Å². The molecule has 63 heavy (non-hydrogen) atoms. The second-order valence-corrected chi connectivity index (χ2v) is 16.7. The first kappa shape index (κ1) is 44.8. The number of aliphatic hydroxyl groups excluding tert-OH is 1. The number of phenolic OH excluding ortho intramolecular Hbond substituents is 1. The Labute approximate surface area is 367 Å². The van der Waals surface area contributed by atoms with Gasteiger partial charge in [-0.3, -0.25) is 14.5 Å². The van der Waals surface area contributed by atoms with Gasteiger partial charge in [-0.05, 0) is 116 Å². The number of hydrogen-bond acceptors (Lipinski definition) is 11. The van der Waals surface area contributed by atoms with Crippen molar-refractivity contribution in [2.75, 3.05) is 39.3 Å². The number of alkyl carbamates (subject to hydrolysis) is 1. The average Bonchev–Trinajstić information content (AvgIpc) is 3.30. The predicted octanol–water partition coefficient (Wildman–Crippen LogP) is 6.12. The van der Waals surface area contributed by atoms with E-state index in [1.54, 1.807) is 24.3 Å². The van der Waals surface area contributed by atoms with Crippen LogP contribution in [0.15, 0.2) is 108 Å². The minimum Gasteiger partial charge on any atom is -0.506 e. The molecule has 332 valence electrons. The van der Waals surface area contributed by atoms with Gasteiger partial charge in [0.2, 0.25) is 5.56 Å². The quantitative estimate of drug-likeness (QED) is 0.0414. The monoisotopic (exact) mass is 859 g/mol. The van der Waals surface area contributed by atoms with E-state index in [2.05, 4.69) is 25.8 Å². The van der Waals surface area contributed by atoms with Crippen molar-refractivity contribution < 1.29 is 38.8 Å². The molecule has 4 aromatic carbocycles. The van der Waals surface area contributed by atoms with Crippen molar-refractivity contribution in [3.8, 4) is 11.5 Å². The minimum atomic E-state index is -0.873. The number of nitrogens with zero attached hydrogens (tertiary/aromatic N) is 1. The van der Waals surface area contributed by atoms with Gasteiger partial charge in [-0.2, -0.15) is 0 Å². The highest BCUT2D eigenvalue weighted by atomic mass is 16.6. The number of nitrogens with one attached hydrogen (secondary N) is 4. The van der Waals surface area contributed by atoms with E-state index < -0.39 is 36.2 Å². The summed E-state index contributed by atoms with van der Waals surface area (Å²) in [5.74, 6) is -0.165. The zero-order valence-electron chi connectivity index (χ0n) is 35.8. The zero-order chi connectivity index (χ0) is 44.3. The Morgan fingerprint density at radius 1 is 0.873 bits per heavy atom. The number of amides is 2. The van der Waals surface area contributed by atoms with E-state index in [1.807, 2.05) is 80.6 Å². The molecular formula is C49H57N5O9. The lowest BCUT2D eigenvalue weighted by Gasteiger charge is -2.43. The first-order valence-electron chi connectivity index (χ1n) is 21.8. The summed E-state index contributed by atoms with van der Waals surface area (Å²) in [6.07, 6.45) is 1.94. The molecule has 6 N–H and O–H groups in total. The highest BCUT2D eigenvalue weighted by Crippen LogP contribution is 2.31. The molecule has 2 bridgehead atoms. The first-order chi connectivity index (χ1) is 30.5. The lowest BCUT2D eigenvalue weighted by atomic mass is 9.86. The fourth-order valence-electron chi connectivity index (χ4n) is 8.28. The number of fused-ring (bicyclic) bond motifs is 4. The van der Waals surface area contributed by atoms with Crippen LogP contribution in [0.5, 0.6) is 11.5 Å². The third-order valence-corrected chi connectivity index (χ3v) is 11.9. The lowest BCUT2D eigenvalue weighted by molar-refractivity contribution is -0.147. The number of rotatable bonds is 19. The van der Waals surface area contributed by atoms with E-state index in [4.69, 9.17) is 14.2 Å². The van der Waals surface area contributed by atoms with Crippen molar-refractivity contribution in [1.29, 1.82) is 0 Å². The number of unbranched alkanes of at least 4 members (excludes halogenated alkanes) is 1. The molecule has 3 aliphatic rings. The predicted molar refractivity (Wildman–Crippen MR) is 238 cm³/mol. The Kier molecular flexibility index (Phi) is 15.1. The number of H-pyrrole nitrogens is 1. The first-order valence-corrected chi connectivity index (χ1v) is 21.8. The summed E-state index contributed by atoms with van der Waals surface area (Å²) in [7, 11) is 0. The maximum Gasteiger partial charge on any atom is 0.408 e. The summed E-state index contributed by atoms with van der Waals surface area (Å²) in [4.78, 5) is 56.2. The van der Waals surface area contributed by atoms with Crippen LogP contribution in [0.25, 0.3) is 10.9 Å². The van der Waals surface area contributed by atoms with E-state index in [0.29, 0.717) is 47.6 Å². The number of ether oxygens (including phenoxy) is 3. The van der Waals surface area contributed by atoms with Gasteiger partial charge in [0.15, 0.2) is 0 Å². The third kappa shape index (κ3) is 11.8. The summed E-state index contributed by atoms with van der Waals surface area (Å²) in [6, 6.07) is 29.1. The number of aromatic hydroxyl groups is 1. The number of aliphatic hydroxyl groups is 1. The van der Waals surface area contributed by atoms with Crippen LogP contribution >= 0.6 is 0 Å². The maximum absolute atomic E-state index is 13.3. The summed E-state index contributed by atoms with van der Waals surface area (Å²) < 4.78 is 17.7. The molecule has 5 aromatic rings. The smallest absolute Gasteiger partial charge is 0.408 e. The molecule has 2 amide bonds. The number of carbonyl (C=O) groups is 3. The molecule has 4 atom stereocenters. The topological polar surface area (TPSA) is 192 Å². The van der Waals surface area contributed by atoms with Crippen molar-refractivity contribution in [3.05, 3.63) is 141 Å². The lowest BCUT2D eigenvalue weighted by Crippen LogP contribution is -2.52. The fraction of sp³-hybridized carbons (Fsp3) is 0.388. The second kappa shape index (κ2) is 21.2. The van der Waals surface area contributed by atoms with Gasteiger partial charge in [0.1, 0.15) is 30.3 Å². The number of esters is 1. The van der Waals surface area contributed by atoms with E-state index in [0.717, 1.165) is 49.2 Å². The number of carbonyl (C=O) groups excluding carboxylic acids is 3. The Morgan fingerprint density at radius 2 is 1.63 bits per heavy atom. The van der Waals surface area contributed by atoms with Gasteiger partial charge in [-0.25, -0.2) is 9.59 Å². The van der Waals surface area contributed by atoms with Gasteiger partial charge < -0.3 is 45.4 Å². The zero-order valence-corrected chi connectivity index (χ0v) is 35.8. The van der Waals surface area contributed by atoms with Crippen molar-refractivity contribution in [2.45, 2.75) is 70.4 Å². The average molecular weight is 860 g/mol. The van der Waals surface area contributed by atoms with Crippen LogP contribution in [0, 0.1) is 11.8 Å². The van der Waals surface area contributed by atoms with Gasteiger partial charge in [0, 0.05) is 30.1 Å². The van der Waals surface area contributed by atoms with Crippen molar-refractivity contribution >= 4 is 28.9 Å².